The SMILES string of the molecule is CC(C)COB(c1ccccc1)c1ccccc1.O=C(O)c1ccc(N=Nc2ccc(O)c(B(O)O)c2)cc1. The number of phenolic OH excluding ortho intramolecular Hbond substituents is 1. The smallest absolute Gasteiger partial charge is 0.492 e. The first-order valence-corrected chi connectivity index (χ1v) is 12.4. The van der Waals surface area contributed by atoms with Crippen molar-refractivity contribution in [3.8, 4) is 5.75 Å². The molecule has 0 spiro atoms. The zero-order valence-corrected chi connectivity index (χ0v) is 21.8. The second-order valence-corrected chi connectivity index (χ2v) is 9.10. The quantitative estimate of drug-likeness (QED) is 0.195. The largest absolute Gasteiger partial charge is 0.508 e. The number of hydrogen-bond donors (Lipinski definition) is 4. The molecule has 0 unspecified atom stereocenters. The summed E-state index contributed by atoms with van der Waals surface area (Å²) in [4.78, 5) is 10.7. The fourth-order valence-electron chi connectivity index (χ4n) is 3.53. The third kappa shape index (κ3) is 9.22. The molecule has 0 aliphatic carbocycles. The molecule has 0 aromatic heterocycles. The van der Waals surface area contributed by atoms with Crippen molar-refractivity contribution in [1.29, 1.82) is 0 Å². The minimum absolute atomic E-state index is 0.0369. The number of aromatic hydroxyl groups is 1. The highest BCUT2D eigenvalue weighted by atomic mass is 16.4. The van der Waals surface area contributed by atoms with E-state index in [9.17, 15) is 9.90 Å². The van der Waals surface area contributed by atoms with Gasteiger partial charge in [-0.2, -0.15) is 10.2 Å². The molecule has 10 heteroatoms. The maximum absolute atomic E-state index is 10.7. The molecule has 4 aromatic rings. The Bertz CT molecular complexity index is 1310. The summed E-state index contributed by atoms with van der Waals surface area (Å²) in [6.45, 7) is 5.16. The summed E-state index contributed by atoms with van der Waals surface area (Å²) in [6, 6.07) is 30.6. The molecule has 0 radical (unpaired) electrons. The number of carboxylic acid groups (broad SMARTS) is 1. The number of benzene rings is 4. The van der Waals surface area contributed by atoms with Gasteiger partial charge in [0, 0.05) is 12.1 Å². The number of aromatic carboxylic acids is 1. The summed E-state index contributed by atoms with van der Waals surface area (Å²) in [5, 5.41) is 44.1. The van der Waals surface area contributed by atoms with Gasteiger partial charge in [0.1, 0.15) is 5.75 Å². The summed E-state index contributed by atoms with van der Waals surface area (Å²) < 4.78 is 6.08. The Hall–Kier alpha value is -4.24. The van der Waals surface area contributed by atoms with Crippen molar-refractivity contribution < 1.29 is 29.7 Å². The van der Waals surface area contributed by atoms with Crippen molar-refractivity contribution in [2.45, 2.75) is 13.8 Å². The molecule has 8 nitrogen and oxygen atoms in total. The Morgan fingerprint density at radius 2 is 1.31 bits per heavy atom. The van der Waals surface area contributed by atoms with Crippen LogP contribution in [-0.4, -0.2) is 46.9 Å². The van der Waals surface area contributed by atoms with Gasteiger partial charge in [0.15, 0.2) is 0 Å². The number of azo groups is 1. The molecule has 0 aliphatic rings. The van der Waals surface area contributed by atoms with Gasteiger partial charge in [-0.05, 0) is 59.3 Å². The molecule has 0 amide bonds. The summed E-state index contributed by atoms with van der Waals surface area (Å²) in [7, 11) is -1.81. The lowest BCUT2D eigenvalue weighted by molar-refractivity contribution is 0.0697. The van der Waals surface area contributed by atoms with Crippen molar-refractivity contribution in [3.05, 3.63) is 109 Å². The van der Waals surface area contributed by atoms with Crippen LogP contribution in [-0.2, 0) is 4.65 Å². The van der Waals surface area contributed by atoms with Gasteiger partial charge in [-0.15, -0.1) is 0 Å². The number of phenols is 1. The van der Waals surface area contributed by atoms with Gasteiger partial charge in [-0.3, -0.25) is 0 Å². The van der Waals surface area contributed by atoms with E-state index in [2.05, 4.69) is 72.6 Å². The lowest BCUT2D eigenvalue weighted by Crippen LogP contribution is -2.45. The first-order chi connectivity index (χ1) is 18.7. The number of hydrogen-bond acceptors (Lipinski definition) is 7. The third-order valence-corrected chi connectivity index (χ3v) is 5.49. The lowest BCUT2D eigenvalue weighted by atomic mass is 9.55. The lowest BCUT2D eigenvalue weighted by Gasteiger charge is -2.16. The third-order valence-electron chi connectivity index (χ3n) is 5.49. The monoisotopic (exact) mass is 524 g/mol. The van der Waals surface area contributed by atoms with Crippen LogP contribution in [0.25, 0.3) is 0 Å². The molecule has 0 atom stereocenters. The summed E-state index contributed by atoms with van der Waals surface area (Å²) in [5.74, 6) is -0.742. The zero-order chi connectivity index (χ0) is 28.2. The molecule has 0 aliphatic heterocycles. The second-order valence-electron chi connectivity index (χ2n) is 9.10. The highest BCUT2D eigenvalue weighted by Crippen LogP contribution is 2.20. The fourth-order valence-corrected chi connectivity index (χ4v) is 3.53. The van der Waals surface area contributed by atoms with Crippen LogP contribution in [0, 0.1) is 5.92 Å². The highest BCUT2D eigenvalue weighted by Gasteiger charge is 2.21. The topological polar surface area (TPSA) is 132 Å². The van der Waals surface area contributed by atoms with Crippen molar-refractivity contribution >= 4 is 47.8 Å². The van der Waals surface area contributed by atoms with Gasteiger partial charge in [0.25, 0.3) is 0 Å². The Morgan fingerprint density at radius 1 is 0.795 bits per heavy atom. The van der Waals surface area contributed by atoms with E-state index in [0.717, 1.165) is 6.61 Å². The van der Waals surface area contributed by atoms with Crippen LogP contribution < -0.4 is 16.4 Å². The van der Waals surface area contributed by atoms with Crippen LogP contribution in [0.4, 0.5) is 11.4 Å². The molecular weight excluding hydrogens is 494 g/mol. The summed E-state index contributed by atoms with van der Waals surface area (Å²) >= 11 is 0. The molecule has 39 heavy (non-hydrogen) atoms. The van der Waals surface area contributed by atoms with E-state index in [1.165, 1.54) is 53.4 Å². The van der Waals surface area contributed by atoms with Crippen LogP contribution in [0.2, 0.25) is 0 Å². The van der Waals surface area contributed by atoms with Crippen LogP contribution in [0.15, 0.2) is 113 Å². The molecular formula is C29H30B2N2O6. The summed E-state index contributed by atoms with van der Waals surface area (Å²) in [6.07, 6.45) is 0. The predicted octanol–water partition coefficient (Wildman–Crippen LogP) is 3.65. The number of carbonyl (C=O) groups is 1. The first kappa shape index (κ1) is 29.3. The molecule has 198 valence electrons. The zero-order valence-electron chi connectivity index (χ0n) is 21.8. The Balaban J connectivity index is 0.000000218. The van der Waals surface area contributed by atoms with Crippen LogP contribution in [0.3, 0.4) is 0 Å². The molecule has 0 saturated heterocycles. The number of nitrogens with zero attached hydrogens (tertiary/aromatic N) is 2. The van der Waals surface area contributed by atoms with E-state index in [-0.39, 0.29) is 23.7 Å². The average molecular weight is 524 g/mol. The minimum Gasteiger partial charge on any atom is -0.508 e. The highest BCUT2D eigenvalue weighted by molar-refractivity contribution is 6.80. The second kappa shape index (κ2) is 14.6. The van der Waals surface area contributed by atoms with E-state index in [1.807, 2.05) is 12.1 Å². The first-order valence-electron chi connectivity index (χ1n) is 12.4. The van der Waals surface area contributed by atoms with Crippen molar-refractivity contribution in [2.75, 3.05) is 6.61 Å². The van der Waals surface area contributed by atoms with E-state index < -0.39 is 13.1 Å². The predicted molar refractivity (Wildman–Crippen MR) is 154 cm³/mol. The maximum atomic E-state index is 10.7. The maximum Gasteiger partial charge on any atom is 0.492 e. The van der Waals surface area contributed by atoms with Gasteiger partial charge in [0.05, 0.1) is 16.9 Å². The van der Waals surface area contributed by atoms with Crippen LogP contribution >= 0.6 is 0 Å². The molecule has 4 aromatic carbocycles. The Labute approximate surface area is 228 Å². The van der Waals surface area contributed by atoms with Gasteiger partial charge in [0.2, 0.25) is 0 Å². The van der Waals surface area contributed by atoms with E-state index in [1.54, 1.807) is 0 Å². The number of carboxylic acids is 1. The Morgan fingerprint density at radius 3 is 1.79 bits per heavy atom. The molecule has 0 heterocycles. The van der Waals surface area contributed by atoms with Crippen molar-refractivity contribution in [3.63, 3.8) is 0 Å². The minimum atomic E-state index is -1.81. The molecule has 0 fully saturated rings. The van der Waals surface area contributed by atoms with E-state index in [0.29, 0.717) is 17.3 Å². The molecule has 0 saturated carbocycles. The standard InChI is InChI=1S/C16H19BO.C13H11BN2O5/c1-14(2)13-18-17(15-9-5-3-6-10-15)16-11-7-4-8-12-16;17-12-6-5-10(7-11(12)14(20)21)16-15-9-3-1-8(2-4-9)13(18)19/h3-12,14H,13H2,1-2H3;1-7,17,20-21H,(H,18,19). The van der Waals surface area contributed by atoms with Crippen LogP contribution in [0.5, 0.6) is 5.75 Å². The number of rotatable bonds is 9. The van der Waals surface area contributed by atoms with Gasteiger partial charge < -0.3 is 24.9 Å². The van der Waals surface area contributed by atoms with Gasteiger partial charge in [-0.1, -0.05) is 74.5 Å². The van der Waals surface area contributed by atoms with Crippen LogP contribution in [0.1, 0.15) is 24.2 Å². The summed E-state index contributed by atoms with van der Waals surface area (Å²) in [5.41, 5.74) is 3.25. The fraction of sp³-hybridized carbons (Fsp3) is 0.138. The van der Waals surface area contributed by atoms with Gasteiger partial charge >= 0.3 is 20.0 Å². The molecule has 4 rings (SSSR count). The average Bonchev–Trinajstić information content (AvgIpc) is 2.94. The van der Waals surface area contributed by atoms with Crippen molar-refractivity contribution in [2.24, 2.45) is 16.1 Å². The van der Waals surface area contributed by atoms with Crippen molar-refractivity contribution in [1.82, 2.24) is 0 Å². The van der Waals surface area contributed by atoms with E-state index in [4.69, 9.17) is 19.8 Å². The van der Waals surface area contributed by atoms with E-state index >= 15 is 0 Å². The Kier molecular flexibility index (Phi) is 11.0. The molecule has 4 N–H and O–H groups in total. The molecule has 0 bridgehead atoms. The van der Waals surface area contributed by atoms with Gasteiger partial charge in [-0.25, -0.2) is 4.79 Å². The normalized spacial score (nSPS) is 10.7.